The SMILES string of the molecule is Cc1cccc2sc(N(CCN3CCOCC3)C(=O)c3ccn(C)n3)nc12.Cl. The van der Waals surface area contributed by atoms with Gasteiger partial charge in [0.25, 0.3) is 5.91 Å². The molecule has 0 radical (unpaired) electrons. The number of morpholine rings is 1. The first kappa shape index (κ1) is 20.7. The maximum absolute atomic E-state index is 13.2. The summed E-state index contributed by atoms with van der Waals surface area (Å²) in [4.78, 5) is 22.0. The Bertz CT molecular complexity index is 951. The number of ether oxygens (including phenoxy) is 1. The van der Waals surface area contributed by atoms with E-state index in [4.69, 9.17) is 9.72 Å². The highest BCUT2D eigenvalue weighted by Gasteiger charge is 2.24. The molecule has 4 rings (SSSR count). The minimum atomic E-state index is -0.111. The van der Waals surface area contributed by atoms with E-state index in [0.29, 0.717) is 12.2 Å². The molecule has 0 saturated carbocycles. The lowest BCUT2D eigenvalue weighted by molar-refractivity contribution is 0.0391. The topological polar surface area (TPSA) is 63.5 Å². The Morgan fingerprint density at radius 2 is 2.07 bits per heavy atom. The van der Waals surface area contributed by atoms with E-state index in [9.17, 15) is 4.79 Å². The van der Waals surface area contributed by atoms with Crippen LogP contribution in [0.3, 0.4) is 0 Å². The van der Waals surface area contributed by atoms with Crippen molar-refractivity contribution in [3.05, 3.63) is 41.7 Å². The number of rotatable bonds is 5. The fourth-order valence-corrected chi connectivity index (χ4v) is 4.28. The lowest BCUT2D eigenvalue weighted by atomic mass is 10.2. The quantitative estimate of drug-likeness (QED) is 0.633. The molecule has 3 heterocycles. The number of amides is 1. The molecule has 150 valence electrons. The number of hydrogen-bond donors (Lipinski definition) is 0. The summed E-state index contributed by atoms with van der Waals surface area (Å²) >= 11 is 1.55. The molecule has 2 aromatic heterocycles. The van der Waals surface area contributed by atoms with E-state index >= 15 is 0 Å². The number of benzene rings is 1. The van der Waals surface area contributed by atoms with Crippen LogP contribution in [0.2, 0.25) is 0 Å². The number of fused-ring (bicyclic) bond motifs is 1. The van der Waals surface area contributed by atoms with Crippen LogP contribution in [0.15, 0.2) is 30.5 Å². The fraction of sp³-hybridized carbons (Fsp3) is 0.421. The molecule has 9 heteroatoms. The van der Waals surface area contributed by atoms with E-state index in [2.05, 4.69) is 16.1 Å². The van der Waals surface area contributed by atoms with Crippen molar-refractivity contribution in [1.82, 2.24) is 19.7 Å². The second kappa shape index (κ2) is 9.00. The van der Waals surface area contributed by atoms with Crippen molar-refractivity contribution in [2.45, 2.75) is 6.92 Å². The number of para-hydroxylation sites is 1. The Morgan fingerprint density at radius 1 is 1.29 bits per heavy atom. The van der Waals surface area contributed by atoms with E-state index < -0.39 is 0 Å². The van der Waals surface area contributed by atoms with Crippen molar-refractivity contribution in [1.29, 1.82) is 0 Å². The lowest BCUT2D eigenvalue weighted by Gasteiger charge is -2.29. The molecule has 7 nitrogen and oxygen atoms in total. The summed E-state index contributed by atoms with van der Waals surface area (Å²) in [5.74, 6) is -0.111. The number of halogens is 1. The average molecular weight is 422 g/mol. The van der Waals surface area contributed by atoms with Gasteiger partial charge in [-0.1, -0.05) is 23.5 Å². The van der Waals surface area contributed by atoms with Gasteiger partial charge in [0.2, 0.25) is 0 Å². The van der Waals surface area contributed by atoms with Crippen LogP contribution >= 0.6 is 23.7 Å². The molecule has 0 atom stereocenters. The van der Waals surface area contributed by atoms with Crippen molar-refractivity contribution in [2.75, 3.05) is 44.3 Å². The first-order valence-electron chi connectivity index (χ1n) is 9.09. The maximum Gasteiger partial charge on any atom is 0.280 e. The number of anilines is 1. The largest absolute Gasteiger partial charge is 0.379 e. The lowest BCUT2D eigenvalue weighted by Crippen LogP contribution is -2.43. The molecule has 1 saturated heterocycles. The van der Waals surface area contributed by atoms with Crippen LogP contribution in [0.5, 0.6) is 0 Å². The Labute approximate surface area is 174 Å². The molecule has 1 amide bonds. The van der Waals surface area contributed by atoms with Gasteiger partial charge in [-0.25, -0.2) is 4.98 Å². The van der Waals surface area contributed by atoms with Gasteiger partial charge in [-0.2, -0.15) is 5.10 Å². The van der Waals surface area contributed by atoms with Gasteiger partial charge in [0.1, 0.15) is 0 Å². The van der Waals surface area contributed by atoms with Crippen LogP contribution in [0.4, 0.5) is 5.13 Å². The Hall–Kier alpha value is -2.00. The Morgan fingerprint density at radius 3 is 2.75 bits per heavy atom. The van der Waals surface area contributed by atoms with Crippen molar-refractivity contribution in [2.24, 2.45) is 7.05 Å². The van der Waals surface area contributed by atoms with Gasteiger partial charge in [0.15, 0.2) is 10.8 Å². The van der Waals surface area contributed by atoms with Crippen LogP contribution in [0.1, 0.15) is 16.1 Å². The highest BCUT2D eigenvalue weighted by molar-refractivity contribution is 7.22. The van der Waals surface area contributed by atoms with Crippen molar-refractivity contribution < 1.29 is 9.53 Å². The second-order valence-electron chi connectivity index (χ2n) is 6.70. The van der Waals surface area contributed by atoms with Gasteiger partial charge < -0.3 is 4.74 Å². The first-order valence-corrected chi connectivity index (χ1v) is 9.91. The van der Waals surface area contributed by atoms with Gasteiger partial charge >= 0.3 is 0 Å². The number of carbonyl (C=O) groups excluding carboxylic acids is 1. The first-order chi connectivity index (χ1) is 13.1. The zero-order valence-corrected chi connectivity index (χ0v) is 17.6. The summed E-state index contributed by atoms with van der Waals surface area (Å²) in [7, 11) is 1.82. The molecule has 1 aromatic carbocycles. The summed E-state index contributed by atoms with van der Waals surface area (Å²) in [5.41, 5.74) is 2.52. The van der Waals surface area contributed by atoms with Gasteiger partial charge in [-0.05, 0) is 24.6 Å². The monoisotopic (exact) mass is 421 g/mol. The second-order valence-corrected chi connectivity index (χ2v) is 7.71. The maximum atomic E-state index is 13.2. The van der Waals surface area contributed by atoms with E-state index in [-0.39, 0.29) is 18.3 Å². The summed E-state index contributed by atoms with van der Waals surface area (Å²) in [6.07, 6.45) is 1.79. The summed E-state index contributed by atoms with van der Waals surface area (Å²) in [6, 6.07) is 7.88. The molecule has 1 aliphatic rings. The standard InChI is InChI=1S/C19H23N5O2S.ClH/c1-14-4-3-5-16-17(14)20-19(27-16)24(9-8-23-10-12-26-13-11-23)18(25)15-6-7-22(2)21-15;/h3-7H,8-13H2,1-2H3;1H. The zero-order valence-electron chi connectivity index (χ0n) is 16.0. The van der Waals surface area contributed by atoms with Crippen molar-refractivity contribution in [3.63, 3.8) is 0 Å². The summed E-state index contributed by atoms with van der Waals surface area (Å²) < 4.78 is 8.16. The molecule has 3 aromatic rings. The van der Waals surface area contributed by atoms with Gasteiger partial charge in [0, 0.05) is 39.4 Å². The molecule has 0 aliphatic carbocycles. The molecular formula is C19H24ClN5O2S. The molecule has 0 unspecified atom stereocenters. The van der Waals surface area contributed by atoms with Gasteiger partial charge in [0.05, 0.1) is 23.4 Å². The third-order valence-corrected chi connectivity index (χ3v) is 5.81. The highest BCUT2D eigenvalue weighted by Crippen LogP contribution is 2.31. The van der Waals surface area contributed by atoms with E-state index in [1.807, 2.05) is 26.1 Å². The van der Waals surface area contributed by atoms with Crippen LogP contribution in [0.25, 0.3) is 10.2 Å². The van der Waals surface area contributed by atoms with Crippen LogP contribution in [-0.4, -0.2) is 65.0 Å². The number of carbonyl (C=O) groups is 1. The summed E-state index contributed by atoms with van der Waals surface area (Å²) in [6.45, 7) is 6.69. The fourth-order valence-electron chi connectivity index (χ4n) is 3.21. The van der Waals surface area contributed by atoms with Crippen molar-refractivity contribution >= 4 is 45.0 Å². The predicted molar refractivity (Wildman–Crippen MR) is 114 cm³/mol. The minimum absolute atomic E-state index is 0. The molecule has 0 bridgehead atoms. The number of nitrogens with zero attached hydrogens (tertiary/aromatic N) is 5. The van der Waals surface area contributed by atoms with Crippen LogP contribution in [0, 0.1) is 6.92 Å². The number of aromatic nitrogens is 3. The average Bonchev–Trinajstić information content (AvgIpc) is 3.30. The van der Waals surface area contributed by atoms with Crippen LogP contribution in [-0.2, 0) is 11.8 Å². The van der Waals surface area contributed by atoms with Crippen LogP contribution < -0.4 is 4.90 Å². The molecule has 0 spiro atoms. The molecule has 1 aliphatic heterocycles. The molecular weight excluding hydrogens is 398 g/mol. The minimum Gasteiger partial charge on any atom is -0.379 e. The van der Waals surface area contributed by atoms with Gasteiger partial charge in [-0.15, -0.1) is 12.4 Å². The molecule has 0 N–H and O–H groups in total. The third-order valence-electron chi connectivity index (χ3n) is 4.76. The smallest absolute Gasteiger partial charge is 0.280 e. The molecule has 28 heavy (non-hydrogen) atoms. The summed E-state index contributed by atoms with van der Waals surface area (Å²) in [5, 5.41) is 5.02. The molecule has 1 fully saturated rings. The van der Waals surface area contributed by atoms with E-state index in [1.165, 1.54) is 0 Å². The van der Waals surface area contributed by atoms with E-state index in [1.54, 1.807) is 33.2 Å². The third kappa shape index (κ3) is 4.35. The number of aryl methyl sites for hydroxylation is 2. The Kier molecular flexibility index (Phi) is 6.66. The zero-order chi connectivity index (χ0) is 18.8. The van der Waals surface area contributed by atoms with Crippen molar-refractivity contribution in [3.8, 4) is 0 Å². The number of hydrogen-bond acceptors (Lipinski definition) is 6. The predicted octanol–water partition coefficient (Wildman–Crippen LogP) is 2.74. The van der Waals surface area contributed by atoms with Gasteiger partial charge in [-0.3, -0.25) is 19.3 Å². The normalized spacial score (nSPS) is 14.8. The van der Waals surface area contributed by atoms with E-state index in [0.717, 1.165) is 53.8 Å². The highest BCUT2D eigenvalue weighted by atomic mass is 35.5. The number of thiazole rings is 1. The Balaban J connectivity index is 0.00000225.